The molecule has 2 aromatic rings. The van der Waals surface area contributed by atoms with Crippen LogP contribution in [0.5, 0.6) is 5.75 Å². The number of aliphatic hydroxyl groups is 1. The Kier molecular flexibility index (Phi) is 4.53. The predicted molar refractivity (Wildman–Crippen MR) is 87.6 cm³/mol. The number of nitrogens with zero attached hydrogens (tertiary/aromatic N) is 1. The van der Waals surface area contributed by atoms with Crippen molar-refractivity contribution in [1.82, 2.24) is 0 Å². The summed E-state index contributed by atoms with van der Waals surface area (Å²) in [5.41, 5.74) is 5.33. The molecule has 1 N–H and O–H groups in total. The third kappa shape index (κ3) is 3.03. The second-order valence-corrected chi connectivity index (χ2v) is 5.42. The fraction of sp³-hybridized carbons (Fsp3) is 0.333. The van der Waals surface area contributed by atoms with Crippen molar-refractivity contribution < 1.29 is 9.84 Å². The first kappa shape index (κ1) is 15.4. The third-order valence-electron chi connectivity index (χ3n) is 3.76. The van der Waals surface area contributed by atoms with Gasteiger partial charge in [0.1, 0.15) is 5.75 Å². The minimum atomic E-state index is -0.593. The Labute approximate surface area is 126 Å². The van der Waals surface area contributed by atoms with Gasteiger partial charge in [-0.3, -0.25) is 0 Å². The molecular formula is C18H23NO2. The zero-order valence-corrected chi connectivity index (χ0v) is 13.3. The Morgan fingerprint density at radius 2 is 1.81 bits per heavy atom. The van der Waals surface area contributed by atoms with Gasteiger partial charge in [0.25, 0.3) is 0 Å². The number of hydrogen-bond acceptors (Lipinski definition) is 3. The highest BCUT2D eigenvalue weighted by atomic mass is 16.5. The van der Waals surface area contributed by atoms with E-state index in [1.807, 2.05) is 25.2 Å². The minimum Gasteiger partial charge on any atom is -0.496 e. The summed E-state index contributed by atoms with van der Waals surface area (Å²) in [6, 6.07) is 12.2. The average Bonchev–Trinajstić information content (AvgIpc) is 2.45. The van der Waals surface area contributed by atoms with Crippen LogP contribution in [-0.4, -0.2) is 19.3 Å². The van der Waals surface area contributed by atoms with Crippen LogP contribution >= 0.6 is 0 Å². The molecule has 112 valence electrons. The second kappa shape index (κ2) is 6.19. The van der Waals surface area contributed by atoms with Crippen molar-refractivity contribution in [3.8, 4) is 5.75 Å². The lowest BCUT2D eigenvalue weighted by Gasteiger charge is -2.26. The summed E-state index contributed by atoms with van der Waals surface area (Å²) < 4.78 is 5.40. The molecule has 0 radical (unpaired) electrons. The van der Waals surface area contributed by atoms with Crippen LogP contribution in [0.2, 0.25) is 0 Å². The summed E-state index contributed by atoms with van der Waals surface area (Å²) in [5.74, 6) is 0.708. The Morgan fingerprint density at radius 1 is 1.10 bits per heavy atom. The van der Waals surface area contributed by atoms with Crippen LogP contribution in [0.15, 0.2) is 36.4 Å². The number of hydrogen-bond donors (Lipinski definition) is 1. The van der Waals surface area contributed by atoms with Crippen molar-refractivity contribution >= 4 is 11.4 Å². The molecule has 3 nitrogen and oxygen atoms in total. The Hall–Kier alpha value is -2.00. The van der Waals surface area contributed by atoms with Crippen molar-refractivity contribution in [1.29, 1.82) is 0 Å². The van der Waals surface area contributed by atoms with E-state index in [1.165, 1.54) is 11.1 Å². The van der Waals surface area contributed by atoms with E-state index in [0.717, 1.165) is 16.9 Å². The second-order valence-electron chi connectivity index (χ2n) is 5.42. The summed E-state index contributed by atoms with van der Waals surface area (Å²) in [4.78, 5) is 2.10. The fourth-order valence-electron chi connectivity index (χ4n) is 2.73. The molecule has 0 aliphatic rings. The summed E-state index contributed by atoms with van der Waals surface area (Å²) in [5, 5.41) is 10.1. The van der Waals surface area contributed by atoms with Crippen LogP contribution in [0.3, 0.4) is 0 Å². The third-order valence-corrected chi connectivity index (χ3v) is 3.76. The SMILES string of the molecule is COc1cccc(N(C)c2ccc(C)cc2C)c1[C@@H](C)O. The van der Waals surface area contributed by atoms with Crippen molar-refractivity contribution in [3.05, 3.63) is 53.1 Å². The molecule has 0 aliphatic carbocycles. The first-order valence-corrected chi connectivity index (χ1v) is 7.11. The molecule has 0 aliphatic heterocycles. The number of aryl methyl sites for hydroxylation is 2. The van der Waals surface area contributed by atoms with Gasteiger partial charge in [-0.1, -0.05) is 23.8 Å². The molecule has 0 spiro atoms. The zero-order valence-electron chi connectivity index (χ0n) is 13.3. The normalized spacial score (nSPS) is 12.1. The number of anilines is 2. The van der Waals surface area contributed by atoms with Crippen molar-refractivity contribution in [2.75, 3.05) is 19.1 Å². The summed E-state index contributed by atoms with van der Waals surface area (Å²) in [7, 11) is 3.64. The van der Waals surface area contributed by atoms with Gasteiger partial charge in [0.05, 0.1) is 18.9 Å². The maximum absolute atomic E-state index is 10.1. The van der Waals surface area contributed by atoms with E-state index < -0.39 is 6.10 Å². The number of benzene rings is 2. The van der Waals surface area contributed by atoms with Crippen molar-refractivity contribution in [2.45, 2.75) is 26.9 Å². The Balaban J connectivity index is 2.55. The highest BCUT2D eigenvalue weighted by Gasteiger charge is 2.18. The Morgan fingerprint density at radius 3 is 2.38 bits per heavy atom. The smallest absolute Gasteiger partial charge is 0.126 e. The summed E-state index contributed by atoms with van der Waals surface area (Å²) in [6.07, 6.45) is -0.593. The maximum atomic E-state index is 10.1. The quantitative estimate of drug-likeness (QED) is 0.916. The monoisotopic (exact) mass is 285 g/mol. The number of aliphatic hydroxyl groups excluding tert-OH is 1. The first-order chi connectivity index (χ1) is 9.95. The molecule has 2 aromatic carbocycles. The van der Waals surface area contributed by atoms with Crippen LogP contribution < -0.4 is 9.64 Å². The molecule has 0 aromatic heterocycles. The van der Waals surface area contributed by atoms with E-state index in [0.29, 0.717) is 5.75 Å². The molecule has 21 heavy (non-hydrogen) atoms. The van der Waals surface area contributed by atoms with E-state index >= 15 is 0 Å². The van der Waals surface area contributed by atoms with E-state index in [9.17, 15) is 5.11 Å². The van der Waals surface area contributed by atoms with Gasteiger partial charge in [-0.2, -0.15) is 0 Å². The molecular weight excluding hydrogens is 262 g/mol. The highest BCUT2D eigenvalue weighted by molar-refractivity contribution is 5.71. The topological polar surface area (TPSA) is 32.7 Å². The summed E-state index contributed by atoms with van der Waals surface area (Å²) >= 11 is 0. The van der Waals surface area contributed by atoms with Crippen molar-refractivity contribution in [3.63, 3.8) is 0 Å². The van der Waals surface area contributed by atoms with Crippen LogP contribution in [0.25, 0.3) is 0 Å². The van der Waals surface area contributed by atoms with Gasteiger partial charge in [0, 0.05) is 18.3 Å². The highest BCUT2D eigenvalue weighted by Crippen LogP contribution is 2.37. The van der Waals surface area contributed by atoms with E-state index in [2.05, 4.69) is 36.9 Å². The molecule has 0 amide bonds. The van der Waals surface area contributed by atoms with Crippen LogP contribution in [0, 0.1) is 13.8 Å². The lowest BCUT2D eigenvalue weighted by molar-refractivity contribution is 0.195. The van der Waals surface area contributed by atoms with Crippen LogP contribution in [0.4, 0.5) is 11.4 Å². The number of ether oxygens (including phenoxy) is 1. The average molecular weight is 285 g/mol. The number of rotatable bonds is 4. The van der Waals surface area contributed by atoms with Gasteiger partial charge in [-0.25, -0.2) is 0 Å². The lowest BCUT2D eigenvalue weighted by Crippen LogP contribution is -2.14. The van der Waals surface area contributed by atoms with Crippen LogP contribution in [-0.2, 0) is 0 Å². The molecule has 0 heterocycles. The van der Waals surface area contributed by atoms with Gasteiger partial charge >= 0.3 is 0 Å². The largest absolute Gasteiger partial charge is 0.496 e. The van der Waals surface area contributed by atoms with E-state index in [4.69, 9.17) is 4.74 Å². The predicted octanol–water partition coefficient (Wildman–Crippen LogP) is 4.13. The molecule has 0 unspecified atom stereocenters. The maximum Gasteiger partial charge on any atom is 0.126 e. The fourth-order valence-corrected chi connectivity index (χ4v) is 2.73. The van der Waals surface area contributed by atoms with Gasteiger partial charge < -0.3 is 14.7 Å². The van der Waals surface area contributed by atoms with Gasteiger partial charge in [-0.05, 0) is 44.5 Å². The zero-order chi connectivity index (χ0) is 15.6. The molecule has 0 bridgehead atoms. The van der Waals surface area contributed by atoms with Gasteiger partial charge in [0.15, 0.2) is 0 Å². The molecule has 3 heteroatoms. The van der Waals surface area contributed by atoms with Crippen molar-refractivity contribution in [2.24, 2.45) is 0 Å². The minimum absolute atomic E-state index is 0.593. The number of methoxy groups -OCH3 is 1. The van der Waals surface area contributed by atoms with Crippen LogP contribution in [0.1, 0.15) is 29.7 Å². The standard InChI is InChI=1S/C18H23NO2/c1-12-9-10-15(13(2)11-12)19(4)16-7-6-8-17(21-5)18(16)14(3)20/h6-11,14,20H,1-5H3/t14-/m1/s1. The molecule has 1 atom stereocenters. The molecule has 0 saturated heterocycles. The van der Waals surface area contributed by atoms with E-state index in [-0.39, 0.29) is 0 Å². The molecule has 0 saturated carbocycles. The summed E-state index contributed by atoms with van der Waals surface area (Å²) in [6.45, 7) is 5.95. The van der Waals surface area contributed by atoms with Gasteiger partial charge in [0.2, 0.25) is 0 Å². The first-order valence-electron chi connectivity index (χ1n) is 7.11. The Bertz CT molecular complexity index is 635. The van der Waals surface area contributed by atoms with Gasteiger partial charge in [-0.15, -0.1) is 0 Å². The molecule has 0 fully saturated rings. The van der Waals surface area contributed by atoms with E-state index in [1.54, 1.807) is 14.0 Å². The molecule has 2 rings (SSSR count). The lowest BCUT2D eigenvalue weighted by atomic mass is 10.0.